The Morgan fingerprint density at radius 2 is 2.17 bits per heavy atom. The van der Waals surface area contributed by atoms with Gasteiger partial charge in [-0.1, -0.05) is 13.3 Å². The lowest BCUT2D eigenvalue weighted by Gasteiger charge is -2.22. The molecule has 0 spiro atoms. The SMILES string of the molecule is CCCc1cc(C(=O)O)cc(N(CC)C2CC2)n1. The van der Waals surface area contributed by atoms with E-state index in [1.165, 1.54) is 12.8 Å². The van der Waals surface area contributed by atoms with Gasteiger partial charge in [0.05, 0.1) is 5.56 Å². The maximum absolute atomic E-state index is 11.2. The number of aromatic nitrogens is 1. The van der Waals surface area contributed by atoms with E-state index in [0.717, 1.165) is 30.9 Å². The fourth-order valence-corrected chi connectivity index (χ4v) is 2.22. The monoisotopic (exact) mass is 248 g/mol. The number of aromatic carboxylic acids is 1. The molecule has 1 aliphatic rings. The third kappa shape index (κ3) is 2.81. The van der Waals surface area contributed by atoms with Crippen LogP contribution < -0.4 is 4.90 Å². The third-order valence-corrected chi connectivity index (χ3v) is 3.24. The molecule has 1 saturated carbocycles. The molecule has 0 atom stereocenters. The summed E-state index contributed by atoms with van der Waals surface area (Å²) in [6, 6.07) is 3.94. The number of pyridine rings is 1. The van der Waals surface area contributed by atoms with Crippen molar-refractivity contribution in [2.75, 3.05) is 11.4 Å². The van der Waals surface area contributed by atoms with Crippen LogP contribution in [0.4, 0.5) is 5.82 Å². The van der Waals surface area contributed by atoms with Crippen molar-refractivity contribution >= 4 is 11.8 Å². The van der Waals surface area contributed by atoms with E-state index >= 15 is 0 Å². The van der Waals surface area contributed by atoms with Crippen molar-refractivity contribution in [2.45, 2.75) is 45.6 Å². The van der Waals surface area contributed by atoms with Crippen LogP contribution in [0.3, 0.4) is 0 Å². The van der Waals surface area contributed by atoms with E-state index in [-0.39, 0.29) is 0 Å². The molecular formula is C14H20N2O2. The van der Waals surface area contributed by atoms with Gasteiger partial charge in [-0.2, -0.15) is 0 Å². The second-order valence-corrected chi connectivity index (χ2v) is 4.78. The Bertz CT molecular complexity index is 441. The maximum Gasteiger partial charge on any atom is 0.335 e. The minimum Gasteiger partial charge on any atom is -0.478 e. The van der Waals surface area contributed by atoms with Gasteiger partial charge in [0.25, 0.3) is 0 Å². The Morgan fingerprint density at radius 1 is 1.44 bits per heavy atom. The molecule has 0 radical (unpaired) electrons. The molecule has 0 aromatic carbocycles. The maximum atomic E-state index is 11.2. The molecule has 98 valence electrons. The first-order valence-electron chi connectivity index (χ1n) is 6.66. The molecule has 0 bridgehead atoms. The molecule has 18 heavy (non-hydrogen) atoms. The third-order valence-electron chi connectivity index (χ3n) is 3.24. The topological polar surface area (TPSA) is 53.4 Å². The number of hydrogen-bond donors (Lipinski definition) is 1. The summed E-state index contributed by atoms with van der Waals surface area (Å²) in [5, 5.41) is 9.16. The predicted molar refractivity (Wildman–Crippen MR) is 71.2 cm³/mol. The number of rotatable bonds is 6. The quantitative estimate of drug-likeness (QED) is 0.841. The predicted octanol–water partition coefficient (Wildman–Crippen LogP) is 2.72. The first kappa shape index (κ1) is 12.9. The van der Waals surface area contributed by atoms with Gasteiger partial charge in [-0.15, -0.1) is 0 Å². The smallest absolute Gasteiger partial charge is 0.335 e. The van der Waals surface area contributed by atoms with Crippen molar-refractivity contribution in [1.82, 2.24) is 4.98 Å². The van der Waals surface area contributed by atoms with Crippen molar-refractivity contribution in [3.05, 3.63) is 23.4 Å². The normalized spacial score (nSPS) is 14.6. The number of carboxylic acid groups (broad SMARTS) is 1. The Kier molecular flexibility index (Phi) is 3.84. The van der Waals surface area contributed by atoms with Gasteiger partial charge in [0.1, 0.15) is 5.82 Å². The molecule has 1 aromatic heterocycles. The number of hydrogen-bond acceptors (Lipinski definition) is 3. The number of nitrogens with zero attached hydrogens (tertiary/aromatic N) is 2. The Labute approximate surface area is 108 Å². The van der Waals surface area contributed by atoms with Crippen molar-refractivity contribution in [3.8, 4) is 0 Å². The second kappa shape index (κ2) is 5.38. The average Bonchev–Trinajstić information content (AvgIpc) is 3.14. The summed E-state index contributed by atoms with van der Waals surface area (Å²) in [6.45, 7) is 5.05. The molecule has 4 heteroatoms. The van der Waals surface area contributed by atoms with Gasteiger partial charge in [-0.05, 0) is 38.3 Å². The molecule has 0 saturated heterocycles. The van der Waals surface area contributed by atoms with Crippen LogP contribution >= 0.6 is 0 Å². The van der Waals surface area contributed by atoms with Gasteiger partial charge in [-0.25, -0.2) is 9.78 Å². The lowest BCUT2D eigenvalue weighted by atomic mass is 10.1. The van der Waals surface area contributed by atoms with Crippen LogP contribution in [0.5, 0.6) is 0 Å². The highest BCUT2D eigenvalue weighted by Gasteiger charge is 2.29. The fourth-order valence-electron chi connectivity index (χ4n) is 2.22. The Morgan fingerprint density at radius 3 is 2.67 bits per heavy atom. The minimum atomic E-state index is -0.872. The van der Waals surface area contributed by atoms with Gasteiger partial charge >= 0.3 is 5.97 Å². The molecule has 1 aromatic rings. The molecule has 0 aliphatic heterocycles. The van der Waals surface area contributed by atoms with Crippen molar-refractivity contribution in [3.63, 3.8) is 0 Å². The highest BCUT2D eigenvalue weighted by atomic mass is 16.4. The standard InChI is InChI=1S/C14H20N2O2/c1-3-5-11-8-10(14(17)18)9-13(15-11)16(4-2)12-6-7-12/h8-9,12H,3-7H2,1-2H3,(H,17,18). The molecule has 1 heterocycles. The molecule has 0 amide bonds. The summed E-state index contributed by atoms with van der Waals surface area (Å²) in [4.78, 5) is 18.0. The highest BCUT2D eigenvalue weighted by molar-refractivity contribution is 5.88. The van der Waals surface area contributed by atoms with E-state index in [9.17, 15) is 4.79 Å². The van der Waals surface area contributed by atoms with Gasteiger partial charge in [0.15, 0.2) is 0 Å². The van der Waals surface area contributed by atoms with Crippen LogP contribution in [-0.2, 0) is 6.42 Å². The van der Waals surface area contributed by atoms with Crippen molar-refractivity contribution in [2.24, 2.45) is 0 Å². The zero-order valence-electron chi connectivity index (χ0n) is 11.0. The summed E-state index contributed by atoms with van der Waals surface area (Å²) < 4.78 is 0. The fraction of sp³-hybridized carbons (Fsp3) is 0.571. The van der Waals surface area contributed by atoms with Gasteiger partial charge in [0.2, 0.25) is 0 Å². The Hall–Kier alpha value is -1.58. The minimum absolute atomic E-state index is 0.350. The second-order valence-electron chi connectivity index (χ2n) is 4.78. The van der Waals surface area contributed by atoms with Crippen LogP contribution in [-0.4, -0.2) is 28.6 Å². The highest BCUT2D eigenvalue weighted by Crippen LogP contribution is 2.31. The zero-order valence-corrected chi connectivity index (χ0v) is 11.0. The van der Waals surface area contributed by atoms with E-state index in [0.29, 0.717) is 11.6 Å². The first-order valence-corrected chi connectivity index (χ1v) is 6.66. The van der Waals surface area contributed by atoms with E-state index in [2.05, 4.69) is 23.7 Å². The molecular weight excluding hydrogens is 228 g/mol. The molecule has 1 aliphatic carbocycles. The van der Waals surface area contributed by atoms with Crippen LogP contribution in [0.2, 0.25) is 0 Å². The van der Waals surface area contributed by atoms with Crippen LogP contribution in [0, 0.1) is 0 Å². The summed E-state index contributed by atoms with van der Waals surface area (Å²) in [5.41, 5.74) is 1.23. The van der Waals surface area contributed by atoms with Crippen molar-refractivity contribution < 1.29 is 9.90 Å². The molecule has 2 rings (SSSR count). The van der Waals surface area contributed by atoms with E-state index in [1.54, 1.807) is 12.1 Å². The Balaban J connectivity index is 2.34. The van der Waals surface area contributed by atoms with E-state index in [1.807, 2.05) is 0 Å². The van der Waals surface area contributed by atoms with E-state index < -0.39 is 5.97 Å². The van der Waals surface area contributed by atoms with E-state index in [4.69, 9.17) is 5.11 Å². The molecule has 0 unspecified atom stereocenters. The molecule has 1 N–H and O–H groups in total. The van der Waals surface area contributed by atoms with Crippen LogP contribution in [0.1, 0.15) is 49.2 Å². The average molecular weight is 248 g/mol. The van der Waals surface area contributed by atoms with Crippen LogP contribution in [0.25, 0.3) is 0 Å². The number of carboxylic acids is 1. The molecule has 4 nitrogen and oxygen atoms in total. The number of anilines is 1. The summed E-state index contributed by atoms with van der Waals surface area (Å²) in [7, 11) is 0. The lowest BCUT2D eigenvalue weighted by Crippen LogP contribution is -2.26. The van der Waals surface area contributed by atoms with Gasteiger partial charge in [-0.3, -0.25) is 0 Å². The molecule has 1 fully saturated rings. The first-order chi connectivity index (χ1) is 8.65. The number of carbonyl (C=O) groups is 1. The number of aryl methyl sites for hydroxylation is 1. The van der Waals surface area contributed by atoms with Crippen molar-refractivity contribution in [1.29, 1.82) is 0 Å². The largest absolute Gasteiger partial charge is 0.478 e. The van der Waals surface area contributed by atoms with Gasteiger partial charge < -0.3 is 10.0 Å². The summed E-state index contributed by atoms with van der Waals surface area (Å²) in [5.74, 6) is -0.0498. The lowest BCUT2D eigenvalue weighted by molar-refractivity contribution is 0.0696. The van der Waals surface area contributed by atoms with Crippen LogP contribution in [0.15, 0.2) is 12.1 Å². The zero-order chi connectivity index (χ0) is 13.1. The van der Waals surface area contributed by atoms with Gasteiger partial charge in [0, 0.05) is 18.3 Å². The summed E-state index contributed by atoms with van der Waals surface area (Å²) >= 11 is 0. The summed E-state index contributed by atoms with van der Waals surface area (Å²) in [6.07, 6.45) is 4.19.